The third-order valence-corrected chi connectivity index (χ3v) is 13.2. The van der Waals surface area contributed by atoms with Crippen LogP contribution in [0.15, 0.2) is 211 Å². The van der Waals surface area contributed by atoms with Crippen molar-refractivity contribution in [2.24, 2.45) is 0 Å². The van der Waals surface area contributed by atoms with Crippen LogP contribution in [0.5, 0.6) is 0 Å². The van der Waals surface area contributed by atoms with Gasteiger partial charge in [-0.3, -0.25) is 0 Å². The van der Waals surface area contributed by atoms with Crippen molar-refractivity contribution in [3.05, 3.63) is 234 Å². The molecule has 0 saturated heterocycles. The van der Waals surface area contributed by atoms with Crippen molar-refractivity contribution in [3.8, 4) is 84.7 Å². The summed E-state index contributed by atoms with van der Waals surface area (Å²) in [7, 11) is 0. The molecule has 0 fully saturated rings. The minimum Gasteiger partial charge on any atom is -0.456 e. The number of aromatic nitrogens is 3. The highest BCUT2D eigenvalue weighted by Gasteiger charge is 2.51. The van der Waals surface area contributed by atoms with Gasteiger partial charge >= 0.3 is 0 Å². The molecule has 0 unspecified atom stereocenters. The predicted octanol–water partition coefficient (Wildman–Crippen LogP) is 14.3. The Morgan fingerprint density at radius 2 is 0.844 bits per heavy atom. The van der Waals surface area contributed by atoms with Gasteiger partial charge in [0.1, 0.15) is 11.2 Å². The summed E-state index contributed by atoms with van der Waals surface area (Å²) < 4.78 is 6.22. The van der Waals surface area contributed by atoms with E-state index in [-0.39, 0.29) is 5.41 Å². The van der Waals surface area contributed by atoms with Crippen LogP contribution in [0.3, 0.4) is 0 Å². The molecule has 5 heteroatoms. The Morgan fingerprint density at radius 3 is 1.45 bits per heavy atom. The summed E-state index contributed by atoms with van der Waals surface area (Å²) in [5, 5.41) is 11.4. The predicted molar refractivity (Wildman–Crippen MR) is 255 cm³/mol. The van der Waals surface area contributed by atoms with E-state index >= 15 is 0 Å². The molecule has 296 valence electrons. The molecule has 2 heterocycles. The zero-order valence-corrected chi connectivity index (χ0v) is 34.3. The van der Waals surface area contributed by atoms with Gasteiger partial charge in [0.05, 0.1) is 17.0 Å². The van der Waals surface area contributed by atoms with E-state index in [0.29, 0.717) is 34.2 Å². The van der Waals surface area contributed by atoms with E-state index in [4.69, 9.17) is 19.4 Å². The molecule has 0 amide bonds. The number of benzene rings is 9. The zero-order valence-electron chi connectivity index (χ0n) is 34.3. The van der Waals surface area contributed by atoms with Gasteiger partial charge in [0.15, 0.2) is 17.5 Å². The second-order valence-electron chi connectivity index (χ2n) is 16.6. The van der Waals surface area contributed by atoms with Gasteiger partial charge in [-0.1, -0.05) is 176 Å². The topological polar surface area (TPSA) is 75.6 Å². The van der Waals surface area contributed by atoms with E-state index < -0.39 is 0 Å². The molecule has 64 heavy (non-hydrogen) atoms. The van der Waals surface area contributed by atoms with Gasteiger partial charge in [0, 0.05) is 27.5 Å². The molecule has 0 atom stereocenters. The van der Waals surface area contributed by atoms with Gasteiger partial charge in [-0.2, -0.15) is 5.26 Å². The Kier molecular flexibility index (Phi) is 7.82. The minimum absolute atomic E-state index is 0.374. The third-order valence-electron chi connectivity index (χ3n) is 13.2. The molecular weight excluding hydrogens is 781 g/mol. The quantitative estimate of drug-likeness (QED) is 0.173. The van der Waals surface area contributed by atoms with E-state index in [1.165, 1.54) is 55.6 Å². The number of hydrogen-bond donors (Lipinski definition) is 0. The first-order valence-corrected chi connectivity index (χ1v) is 21.5. The lowest BCUT2D eigenvalue weighted by Gasteiger charge is -2.30. The number of hydrogen-bond acceptors (Lipinski definition) is 5. The molecule has 11 aromatic rings. The summed E-state index contributed by atoms with van der Waals surface area (Å²) in [6.07, 6.45) is 0. The fourth-order valence-corrected chi connectivity index (χ4v) is 10.4. The molecular formula is C59H34N4O. The monoisotopic (exact) mass is 814 g/mol. The maximum Gasteiger partial charge on any atom is 0.164 e. The number of nitrogens with zero attached hydrogens (tertiary/aromatic N) is 4. The smallest absolute Gasteiger partial charge is 0.164 e. The maximum atomic E-state index is 9.69. The van der Waals surface area contributed by atoms with Crippen LogP contribution >= 0.6 is 0 Å². The molecule has 0 N–H and O–H groups in total. The molecule has 13 rings (SSSR count). The first-order chi connectivity index (χ1) is 31.7. The molecule has 1 spiro atoms. The summed E-state index contributed by atoms with van der Waals surface area (Å²) in [6.45, 7) is 0. The number of rotatable bonds is 5. The molecule has 0 radical (unpaired) electrons. The van der Waals surface area contributed by atoms with Gasteiger partial charge in [0.25, 0.3) is 0 Å². The Labute approximate surface area is 369 Å². The van der Waals surface area contributed by atoms with Gasteiger partial charge in [-0.05, 0) is 97.1 Å². The number of furan rings is 1. The van der Waals surface area contributed by atoms with Crippen molar-refractivity contribution in [2.45, 2.75) is 5.41 Å². The lowest BCUT2D eigenvalue weighted by molar-refractivity contribution is 0.669. The van der Waals surface area contributed by atoms with Gasteiger partial charge in [0.2, 0.25) is 0 Å². The van der Waals surface area contributed by atoms with E-state index in [0.717, 1.165) is 38.6 Å². The summed E-state index contributed by atoms with van der Waals surface area (Å²) in [5.74, 6) is 1.67. The largest absolute Gasteiger partial charge is 0.456 e. The Morgan fingerprint density at radius 1 is 0.359 bits per heavy atom. The number of nitriles is 1. The standard InChI is InChI=1S/C59H34N4O/c60-35-36-21-32-53-48(33-36)55-47(16-10-20-54(55)64-53)58-62-56(40-11-2-1-3-12-40)61-57(63-58)41-28-26-38(27-29-41)37-22-24-39(25-23-37)42-30-31-46-45-15-6-9-19-51(45)59(52(46)34-42)49-17-7-4-13-43(49)44-14-5-8-18-50(44)59/h1-34H. The van der Waals surface area contributed by atoms with Gasteiger partial charge in [-0.15, -0.1) is 0 Å². The van der Waals surface area contributed by atoms with Crippen LogP contribution in [0.1, 0.15) is 27.8 Å². The Balaban J connectivity index is 0.864. The average molecular weight is 815 g/mol. The molecule has 0 bridgehead atoms. The Hall–Kier alpha value is -8.72. The number of fused-ring (bicyclic) bond motifs is 13. The minimum atomic E-state index is -0.374. The molecule has 2 aromatic heterocycles. The summed E-state index contributed by atoms with van der Waals surface area (Å²) >= 11 is 0. The summed E-state index contributed by atoms with van der Waals surface area (Å²) in [6, 6.07) is 74.8. The highest BCUT2D eigenvalue weighted by molar-refractivity contribution is 6.12. The Bertz CT molecular complexity index is 3670. The lowest BCUT2D eigenvalue weighted by Crippen LogP contribution is -2.25. The first-order valence-electron chi connectivity index (χ1n) is 21.5. The van der Waals surface area contributed by atoms with Crippen LogP contribution in [0.4, 0.5) is 0 Å². The second-order valence-corrected chi connectivity index (χ2v) is 16.6. The van der Waals surface area contributed by atoms with E-state index in [9.17, 15) is 5.26 Å². The van der Waals surface area contributed by atoms with Crippen molar-refractivity contribution in [1.29, 1.82) is 5.26 Å². The molecule has 5 nitrogen and oxygen atoms in total. The summed E-state index contributed by atoms with van der Waals surface area (Å²) in [5.41, 5.74) is 19.4. The van der Waals surface area contributed by atoms with Crippen LogP contribution in [0.2, 0.25) is 0 Å². The fraction of sp³-hybridized carbons (Fsp3) is 0.0169. The van der Waals surface area contributed by atoms with E-state index in [1.54, 1.807) is 6.07 Å². The van der Waals surface area contributed by atoms with Crippen LogP contribution in [-0.2, 0) is 5.41 Å². The van der Waals surface area contributed by atoms with E-state index in [1.807, 2.05) is 60.7 Å². The van der Waals surface area contributed by atoms with Crippen molar-refractivity contribution >= 4 is 21.9 Å². The normalized spacial score (nSPS) is 12.8. The van der Waals surface area contributed by atoms with E-state index in [2.05, 4.69) is 146 Å². The molecule has 2 aliphatic carbocycles. The summed E-state index contributed by atoms with van der Waals surface area (Å²) in [4.78, 5) is 15.1. The lowest BCUT2D eigenvalue weighted by atomic mass is 9.70. The highest BCUT2D eigenvalue weighted by atomic mass is 16.3. The van der Waals surface area contributed by atoms with Crippen molar-refractivity contribution in [3.63, 3.8) is 0 Å². The van der Waals surface area contributed by atoms with Crippen LogP contribution in [0.25, 0.3) is 101 Å². The van der Waals surface area contributed by atoms with Crippen LogP contribution < -0.4 is 0 Å². The van der Waals surface area contributed by atoms with Gasteiger partial charge in [-0.25, -0.2) is 15.0 Å². The SMILES string of the molecule is N#Cc1ccc2oc3cccc(-c4nc(-c5ccccc5)nc(-c5ccc(-c6ccc(-c7ccc8c(c7)C7(c9ccccc9-c9ccccc97)c7ccccc7-8)cc6)cc5)n4)c3c2c1. The van der Waals surface area contributed by atoms with Crippen molar-refractivity contribution in [1.82, 2.24) is 15.0 Å². The average Bonchev–Trinajstić information content (AvgIpc) is 4.00. The van der Waals surface area contributed by atoms with Crippen LogP contribution in [-0.4, -0.2) is 15.0 Å². The van der Waals surface area contributed by atoms with Crippen molar-refractivity contribution < 1.29 is 4.42 Å². The van der Waals surface area contributed by atoms with Crippen molar-refractivity contribution in [2.75, 3.05) is 0 Å². The third kappa shape index (κ3) is 5.27. The first kappa shape index (κ1) is 36.0. The highest BCUT2D eigenvalue weighted by Crippen LogP contribution is 2.63. The zero-order chi connectivity index (χ0) is 42.4. The van der Waals surface area contributed by atoms with Gasteiger partial charge < -0.3 is 4.42 Å². The molecule has 9 aromatic carbocycles. The molecule has 0 saturated carbocycles. The fourth-order valence-electron chi connectivity index (χ4n) is 10.4. The van der Waals surface area contributed by atoms with Crippen LogP contribution in [0, 0.1) is 11.3 Å². The molecule has 0 aliphatic heterocycles. The maximum absolute atomic E-state index is 9.69. The molecule has 2 aliphatic rings. The second kappa shape index (κ2) is 13.9.